The fourth-order valence-electron chi connectivity index (χ4n) is 3.41. The first-order valence-electron chi connectivity index (χ1n) is 5.95. The second-order valence-electron chi connectivity index (χ2n) is 5.52. The zero-order valence-electron chi connectivity index (χ0n) is 9.37. The summed E-state index contributed by atoms with van der Waals surface area (Å²) >= 11 is 0. The lowest BCUT2D eigenvalue weighted by Gasteiger charge is -2.58. The highest BCUT2D eigenvalue weighted by Crippen LogP contribution is 2.64. The normalized spacial score (nSPS) is 24.2. The van der Waals surface area contributed by atoms with Crippen LogP contribution in [0.1, 0.15) is 37.7 Å². The molecule has 2 N–H and O–H groups in total. The van der Waals surface area contributed by atoms with Gasteiger partial charge in [-0.15, -0.1) is 0 Å². The van der Waals surface area contributed by atoms with Crippen molar-refractivity contribution in [3.63, 3.8) is 0 Å². The van der Waals surface area contributed by atoms with E-state index >= 15 is 0 Å². The standard InChI is InChI=1S/C14H16N2/c15-10-14(8-13(9-14)6-1-7-13)11-2-4-12(16)5-3-11/h2-5H,1,6-9,16H2. The van der Waals surface area contributed by atoms with Gasteiger partial charge in [-0.25, -0.2) is 0 Å². The van der Waals surface area contributed by atoms with Crippen LogP contribution in [0.15, 0.2) is 24.3 Å². The third kappa shape index (κ3) is 1.18. The highest BCUT2D eigenvalue weighted by atomic mass is 14.6. The van der Waals surface area contributed by atoms with Gasteiger partial charge in [0.25, 0.3) is 0 Å². The van der Waals surface area contributed by atoms with Gasteiger partial charge in [0.2, 0.25) is 0 Å². The minimum absolute atomic E-state index is 0.214. The van der Waals surface area contributed by atoms with Crippen molar-refractivity contribution >= 4 is 5.69 Å². The van der Waals surface area contributed by atoms with Crippen LogP contribution in [0.25, 0.3) is 0 Å². The molecule has 2 aliphatic rings. The van der Waals surface area contributed by atoms with Gasteiger partial charge in [0, 0.05) is 5.69 Å². The molecule has 2 fully saturated rings. The summed E-state index contributed by atoms with van der Waals surface area (Å²) in [6.07, 6.45) is 6.11. The van der Waals surface area contributed by atoms with Gasteiger partial charge in [-0.05, 0) is 48.8 Å². The zero-order chi connectivity index (χ0) is 11.2. The van der Waals surface area contributed by atoms with Crippen molar-refractivity contribution in [3.8, 4) is 6.07 Å². The first-order chi connectivity index (χ1) is 7.68. The highest BCUT2D eigenvalue weighted by molar-refractivity contribution is 5.45. The molecule has 0 heterocycles. The van der Waals surface area contributed by atoms with Crippen LogP contribution in [0.5, 0.6) is 0 Å². The van der Waals surface area contributed by atoms with E-state index in [9.17, 15) is 5.26 Å². The average molecular weight is 212 g/mol. The quantitative estimate of drug-likeness (QED) is 0.727. The van der Waals surface area contributed by atoms with Crippen LogP contribution in [0.4, 0.5) is 5.69 Å². The molecular weight excluding hydrogens is 196 g/mol. The highest BCUT2D eigenvalue weighted by Gasteiger charge is 2.58. The molecule has 1 spiro atoms. The zero-order valence-corrected chi connectivity index (χ0v) is 9.37. The first kappa shape index (κ1) is 9.72. The molecule has 0 aromatic heterocycles. The molecule has 1 aromatic carbocycles. The van der Waals surface area contributed by atoms with Gasteiger partial charge in [0.1, 0.15) is 0 Å². The van der Waals surface area contributed by atoms with Crippen LogP contribution in [0, 0.1) is 16.7 Å². The number of anilines is 1. The number of nitrogen functional groups attached to an aromatic ring is 1. The molecule has 1 aromatic rings. The van der Waals surface area contributed by atoms with Crippen molar-refractivity contribution < 1.29 is 0 Å². The molecule has 2 heteroatoms. The number of hydrogen-bond donors (Lipinski definition) is 1. The van der Waals surface area contributed by atoms with Gasteiger partial charge in [0.05, 0.1) is 11.5 Å². The fraction of sp³-hybridized carbons (Fsp3) is 0.500. The second-order valence-corrected chi connectivity index (χ2v) is 5.52. The molecule has 0 atom stereocenters. The van der Waals surface area contributed by atoms with Crippen molar-refractivity contribution in [1.82, 2.24) is 0 Å². The Morgan fingerprint density at radius 1 is 1.12 bits per heavy atom. The lowest BCUT2D eigenvalue weighted by molar-refractivity contribution is -0.0226. The number of hydrogen-bond acceptors (Lipinski definition) is 2. The number of benzene rings is 1. The van der Waals surface area contributed by atoms with E-state index in [0.29, 0.717) is 5.41 Å². The predicted molar refractivity (Wildman–Crippen MR) is 63.7 cm³/mol. The third-order valence-corrected chi connectivity index (χ3v) is 4.45. The Morgan fingerprint density at radius 2 is 1.75 bits per heavy atom. The number of nitriles is 1. The Hall–Kier alpha value is -1.49. The molecule has 2 aliphatic carbocycles. The molecule has 16 heavy (non-hydrogen) atoms. The smallest absolute Gasteiger partial charge is 0.0833 e. The summed E-state index contributed by atoms with van der Waals surface area (Å²) in [5.74, 6) is 0. The molecule has 0 aliphatic heterocycles. The Balaban J connectivity index is 1.87. The van der Waals surface area contributed by atoms with Crippen LogP contribution < -0.4 is 5.73 Å². The van der Waals surface area contributed by atoms with Crippen molar-refractivity contribution in [1.29, 1.82) is 5.26 Å². The Labute approximate surface area is 96.1 Å². The van der Waals surface area contributed by atoms with E-state index in [1.165, 1.54) is 19.3 Å². The number of nitrogens with two attached hydrogens (primary N) is 1. The number of rotatable bonds is 1. The molecule has 0 bridgehead atoms. The van der Waals surface area contributed by atoms with Crippen molar-refractivity contribution in [2.75, 3.05) is 5.73 Å². The van der Waals surface area contributed by atoms with Crippen LogP contribution in [-0.2, 0) is 5.41 Å². The molecule has 0 amide bonds. The minimum atomic E-state index is -0.214. The van der Waals surface area contributed by atoms with E-state index in [0.717, 1.165) is 24.1 Å². The van der Waals surface area contributed by atoms with Crippen molar-refractivity contribution in [2.24, 2.45) is 5.41 Å². The molecule has 2 nitrogen and oxygen atoms in total. The predicted octanol–water partition coefficient (Wildman–Crippen LogP) is 2.99. The topological polar surface area (TPSA) is 49.8 Å². The summed E-state index contributed by atoms with van der Waals surface area (Å²) in [5, 5.41) is 9.43. The summed E-state index contributed by atoms with van der Waals surface area (Å²) in [6.45, 7) is 0. The molecule has 2 saturated carbocycles. The van der Waals surface area contributed by atoms with Gasteiger partial charge >= 0.3 is 0 Å². The third-order valence-electron chi connectivity index (χ3n) is 4.45. The van der Waals surface area contributed by atoms with Crippen LogP contribution in [0.2, 0.25) is 0 Å². The Bertz CT molecular complexity index is 441. The van der Waals surface area contributed by atoms with Crippen molar-refractivity contribution in [3.05, 3.63) is 29.8 Å². The maximum atomic E-state index is 9.43. The molecular formula is C14H16N2. The van der Waals surface area contributed by atoms with E-state index < -0.39 is 0 Å². The van der Waals surface area contributed by atoms with Gasteiger partial charge in [0.15, 0.2) is 0 Å². The number of nitrogens with zero attached hydrogens (tertiary/aromatic N) is 1. The van der Waals surface area contributed by atoms with Gasteiger partial charge in [-0.1, -0.05) is 18.6 Å². The van der Waals surface area contributed by atoms with Crippen LogP contribution >= 0.6 is 0 Å². The molecule has 3 rings (SSSR count). The van der Waals surface area contributed by atoms with Crippen LogP contribution in [0.3, 0.4) is 0 Å². The van der Waals surface area contributed by atoms with Crippen molar-refractivity contribution in [2.45, 2.75) is 37.5 Å². The lowest BCUT2D eigenvalue weighted by Crippen LogP contribution is -2.52. The average Bonchev–Trinajstić information content (AvgIpc) is 2.17. The maximum absolute atomic E-state index is 9.43. The van der Waals surface area contributed by atoms with Gasteiger partial charge < -0.3 is 5.73 Å². The molecule has 0 saturated heterocycles. The maximum Gasteiger partial charge on any atom is 0.0833 e. The monoisotopic (exact) mass is 212 g/mol. The Morgan fingerprint density at radius 3 is 2.19 bits per heavy atom. The van der Waals surface area contributed by atoms with E-state index in [1.54, 1.807) is 0 Å². The van der Waals surface area contributed by atoms with E-state index in [2.05, 4.69) is 6.07 Å². The summed E-state index contributed by atoms with van der Waals surface area (Å²) in [7, 11) is 0. The Kier molecular flexibility index (Phi) is 1.83. The van der Waals surface area contributed by atoms with E-state index in [4.69, 9.17) is 5.73 Å². The summed E-state index contributed by atoms with van der Waals surface area (Å²) in [4.78, 5) is 0. The van der Waals surface area contributed by atoms with E-state index in [-0.39, 0.29) is 5.41 Å². The summed E-state index contributed by atoms with van der Waals surface area (Å²) in [5.41, 5.74) is 7.92. The largest absolute Gasteiger partial charge is 0.399 e. The summed E-state index contributed by atoms with van der Waals surface area (Å²) < 4.78 is 0. The fourth-order valence-corrected chi connectivity index (χ4v) is 3.41. The second kappa shape index (κ2) is 3.01. The SMILES string of the molecule is N#CC1(c2ccc(N)cc2)CC2(CCC2)C1. The minimum Gasteiger partial charge on any atom is -0.399 e. The summed E-state index contributed by atoms with van der Waals surface area (Å²) in [6, 6.07) is 10.4. The molecule has 0 radical (unpaired) electrons. The van der Waals surface area contributed by atoms with E-state index in [1.807, 2.05) is 24.3 Å². The van der Waals surface area contributed by atoms with Gasteiger partial charge in [-0.2, -0.15) is 5.26 Å². The lowest BCUT2D eigenvalue weighted by atomic mass is 9.44. The van der Waals surface area contributed by atoms with Gasteiger partial charge in [-0.3, -0.25) is 0 Å². The molecule has 82 valence electrons. The first-order valence-corrected chi connectivity index (χ1v) is 5.95. The molecule has 0 unspecified atom stereocenters. The van der Waals surface area contributed by atoms with Crippen LogP contribution in [-0.4, -0.2) is 0 Å².